The van der Waals surface area contributed by atoms with Crippen molar-refractivity contribution in [3.63, 3.8) is 0 Å². The maximum absolute atomic E-state index is 5.99. The second-order valence-corrected chi connectivity index (χ2v) is 3.40. The van der Waals surface area contributed by atoms with E-state index in [2.05, 4.69) is 23.5 Å². The van der Waals surface area contributed by atoms with Gasteiger partial charge in [-0.2, -0.15) is 0 Å². The topological polar surface area (TPSA) is 61.0 Å². The van der Waals surface area contributed by atoms with Gasteiger partial charge in [-0.25, -0.2) is 9.97 Å². The Morgan fingerprint density at radius 2 is 2.33 bits per heavy atom. The van der Waals surface area contributed by atoms with E-state index in [9.17, 15) is 0 Å². The fraction of sp³-hybridized carbons (Fsp3) is 0.455. The molecule has 4 nitrogen and oxygen atoms in total. The van der Waals surface area contributed by atoms with Crippen LogP contribution in [0.3, 0.4) is 0 Å². The lowest BCUT2D eigenvalue weighted by Gasteiger charge is -2.12. The van der Waals surface area contributed by atoms with Gasteiger partial charge in [0.2, 0.25) is 5.88 Å². The Labute approximate surface area is 90.2 Å². The zero-order chi connectivity index (χ0) is 11.3. The molecule has 0 aliphatic carbocycles. The average Bonchev–Trinajstić information content (AvgIpc) is 2.28. The molecule has 15 heavy (non-hydrogen) atoms. The van der Waals surface area contributed by atoms with Crippen LogP contribution in [0.1, 0.15) is 31.5 Å². The van der Waals surface area contributed by atoms with Crippen LogP contribution in [0.4, 0.5) is 0 Å². The molecule has 2 N–H and O–H groups in total. The Kier molecular flexibility index (Phi) is 4.24. The van der Waals surface area contributed by atoms with Gasteiger partial charge in [0, 0.05) is 6.07 Å². The van der Waals surface area contributed by atoms with Crippen molar-refractivity contribution in [3.8, 4) is 5.88 Å². The van der Waals surface area contributed by atoms with E-state index < -0.39 is 0 Å². The van der Waals surface area contributed by atoms with Crippen molar-refractivity contribution in [2.24, 2.45) is 5.73 Å². The van der Waals surface area contributed by atoms with Gasteiger partial charge >= 0.3 is 0 Å². The maximum Gasteiger partial charge on any atom is 0.216 e. The first-order chi connectivity index (χ1) is 7.17. The summed E-state index contributed by atoms with van der Waals surface area (Å²) in [6.45, 7) is 5.99. The van der Waals surface area contributed by atoms with Crippen LogP contribution >= 0.6 is 0 Å². The van der Waals surface area contributed by atoms with E-state index in [4.69, 9.17) is 10.5 Å². The van der Waals surface area contributed by atoms with E-state index in [0.29, 0.717) is 5.88 Å². The van der Waals surface area contributed by atoms with Gasteiger partial charge in [-0.1, -0.05) is 19.1 Å². The van der Waals surface area contributed by atoms with Crippen molar-refractivity contribution in [1.82, 2.24) is 9.97 Å². The highest BCUT2D eigenvalue weighted by atomic mass is 16.5. The first-order valence-corrected chi connectivity index (χ1v) is 4.95. The summed E-state index contributed by atoms with van der Waals surface area (Å²) < 4.78 is 5.01. The number of hydrogen-bond acceptors (Lipinski definition) is 4. The fourth-order valence-corrected chi connectivity index (χ4v) is 1.23. The van der Waals surface area contributed by atoms with Gasteiger partial charge in [-0.3, -0.25) is 0 Å². The predicted molar refractivity (Wildman–Crippen MR) is 59.6 cm³/mol. The predicted octanol–water partition coefficient (Wildman–Crippen LogP) is 1.84. The third-order valence-corrected chi connectivity index (χ3v) is 2.26. The van der Waals surface area contributed by atoms with E-state index in [1.54, 1.807) is 13.2 Å². The van der Waals surface area contributed by atoms with Crippen molar-refractivity contribution in [1.29, 1.82) is 0 Å². The van der Waals surface area contributed by atoms with E-state index in [1.807, 2.05) is 0 Å². The molecule has 0 bridgehead atoms. The van der Waals surface area contributed by atoms with Gasteiger partial charge in [0.25, 0.3) is 0 Å². The van der Waals surface area contributed by atoms with Crippen molar-refractivity contribution >= 4 is 0 Å². The fourth-order valence-electron chi connectivity index (χ4n) is 1.23. The molecule has 0 radical (unpaired) electrons. The molecule has 4 heteroatoms. The lowest BCUT2D eigenvalue weighted by molar-refractivity contribution is 0.395. The zero-order valence-corrected chi connectivity index (χ0v) is 9.23. The van der Waals surface area contributed by atoms with E-state index in [0.717, 1.165) is 24.1 Å². The molecule has 1 atom stereocenters. The van der Waals surface area contributed by atoms with Gasteiger partial charge in [-0.15, -0.1) is 0 Å². The summed E-state index contributed by atoms with van der Waals surface area (Å²) in [5, 5.41) is 0. The number of ether oxygens (including phenoxy) is 1. The molecule has 0 aliphatic rings. The van der Waals surface area contributed by atoms with Crippen LogP contribution < -0.4 is 10.5 Å². The number of nitrogens with two attached hydrogens (primary N) is 1. The molecule has 0 spiro atoms. The molecule has 82 valence electrons. The van der Waals surface area contributed by atoms with Gasteiger partial charge in [-0.05, 0) is 12.8 Å². The van der Waals surface area contributed by atoms with E-state index in [-0.39, 0.29) is 6.04 Å². The Balaban J connectivity index is 2.72. The Hall–Kier alpha value is -1.42. The smallest absolute Gasteiger partial charge is 0.216 e. The third kappa shape index (κ3) is 3.32. The molecule has 1 aromatic rings. The molecule has 1 unspecified atom stereocenters. The second-order valence-electron chi connectivity index (χ2n) is 3.40. The lowest BCUT2D eigenvalue weighted by Crippen LogP contribution is -2.13. The van der Waals surface area contributed by atoms with Gasteiger partial charge in [0.05, 0.1) is 18.8 Å². The molecule has 0 saturated heterocycles. The highest BCUT2D eigenvalue weighted by molar-refractivity contribution is 5.17. The summed E-state index contributed by atoms with van der Waals surface area (Å²) in [6, 6.07) is 1.63. The molecule has 0 fully saturated rings. The van der Waals surface area contributed by atoms with Crippen LogP contribution in [0.25, 0.3) is 0 Å². The molecule has 0 aromatic carbocycles. The molecule has 1 rings (SSSR count). The van der Waals surface area contributed by atoms with Crippen LogP contribution in [0.5, 0.6) is 5.88 Å². The number of nitrogens with zero attached hydrogens (tertiary/aromatic N) is 2. The zero-order valence-electron chi connectivity index (χ0n) is 9.23. The van der Waals surface area contributed by atoms with Crippen LogP contribution in [-0.4, -0.2) is 17.1 Å². The Morgan fingerprint density at radius 3 is 2.93 bits per heavy atom. The molecule has 1 aromatic heterocycles. The normalized spacial score (nSPS) is 12.2. The summed E-state index contributed by atoms with van der Waals surface area (Å²) >= 11 is 0. The van der Waals surface area contributed by atoms with Gasteiger partial charge in [0.1, 0.15) is 6.33 Å². The molecular weight excluding hydrogens is 190 g/mol. The van der Waals surface area contributed by atoms with E-state index in [1.165, 1.54) is 6.33 Å². The summed E-state index contributed by atoms with van der Waals surface area (Å²) in [5.74, 6) is 0.539. The van der Waals surface area contributed by atoms with Crippen LogP contribution in [-0.2, 0) is 0 Å². The van der Waals surface area contributed by atoms with Crippen molar-refractivity contribution in [2.75, 3.05) is 7.11 Å². The quantitative estimate of drug-likeness (QED) is 0.748. The number of rotatable bonds is 5. The van der Waals surface area contributed by atoms with Crippen LogP contribution in [0.15, 0.2) is 24.5 Å². The number of aromatic nitrogens is 2. The van der Waals surface area contributed by atoms with Crippen molar-refractivity contribution in [2.45, 2.75) is 25.8 Å². The number of methoxy groups -OCH3 is 1. The van der Waals surface area contributed by atoms with Crippen molar-refractivity contribution in [3.05, 3.63) is 30.2 Å². The Morgan fingerprint density at radius 1 is 1.60 bits per heavy atom. The standard InChI is InChI=1S/C11H17N3O/c1-4-8(2)5-9(12)10-6-11(15-3)14-7-13-10/h6-7,9H,2,4-5,12H2,1,3H3. The minimum Gasteiger partial charge on any atom is -0.481 e. The number of hydrogen-bond donors (Lipinski definition) is 1. The second kappa shape index (κ2) is 5.46. The van der Waals surface area contributed by atoms with Crippen LogP contribution in [0.2, 0.25) is 0 Å². The summed E-state index contributed by atoms with van der Waals surface area (Å²) in [6.07, 6.45) is 3.15. The summed E-state index contributed by atoms with van der Waals surface area (Å²) in [4.78, 5) is 8.05. The molecular formula is C11H17N3O. The minimum absolute atomic E-state index is 0.130. The van der Waals surface area contributed by atoms with Gasteiger partial charge < -0.3 is 10.5 Å². The summed E-state index contributed by atoms with van der Waals surface area (Å²) in [7, 11) is 1.57. The average molecular weight is 207 g/mol. The molecule has 1 heterocycles. The largest absolute Gasteiger partial charge is 0.481 e. The minimum atomic E-state index is -0.130. The van der Waals surface area contributed by atoms with Crippen LogP contribution in [0, 0.1) is 0 Å². The van der Waals surface area contributed by atoms with Gasteiger partial charge in [0.15, 0.2) is 0 Å². The highest BCUT2D eigenvalue weighted by Gasteiger charge is 2.09. The highest BCUT2D eigenvalue weighted by Crippen LogP contribution is 2.19. The lowest BCUT2D eigenvalue weighted by atomic mass is 10.0. The third-order valence-electron chi connectivity index (χ3n) is 2.26. The monoisotopic (exact) mass is 207 g/mol. The van der Waals surface area contributed by atoms with Crippen molar-refractivity contribution < 1.29 is 4.74 Å². The van der Waals surface area contributed by atoms with E-state index >= 15 is 0 Å². The SMILES string of the molecule is C=C(CC)CC(N)c1cc(OC)ncn1. The first-order valence-electron chi connectivity index (χ1n) is 4.95. The molecule has 0 aliphatic heterocycles. The molecule has 0 amide bonds. The molecule has 0 saturated carbocycles. The first kappa shape index (κ1) is 11.7. The summed E-state index contributed by atoms with van der Waals surface area (Å²) in [5.41, 5.74) is 7.90. The Bertz CT molecular complexity index is 338. The maximum atomic E-state index is 5.99.